The highest BCUT2D eigenvalue weighted by molar-refractivity contribution is 5.59. The minimum absolute atomic E-state index is 0.00194. The van der Waals surface area contributed by atoms with Gasteiger partial charge in [0.25, 0.3) is 0 Å². The fraction of sp³-hybridized carbons (Fsp3) is 0.176. The lowest BCUT2D eigenvalue weighted by atomic mass is 10.1. The van der Waals surface area contributed by atoms with Gasteiger partial charge in [-0.25, -0.2) is 4.79 Å². The van der Waals surface area contributed by atoms with E-state index in [9.17, 15) is 4.79 Å². The monoisotopic (exact) mass is 296 g/mol. The molecule has 2 aromatic carbocycles. The summed E-state index contributed by atoms with van der Waals surface area (Å²) >= 11 is 0. The maximum atomic E-state index is 11.9. The molecule has 22 heavy (non-hydrogen) atoms. The highest BCUT2D eigenvalue weighted by atomic mass is 16.5. The lowest BCUT2D eigenvalue weighted by molar-refractivity contribution is 0.282. The molecule has 3 rings (SSSR count). The maximum absolute atomic E-state index is 11.9. The summed E-state index contributed by atoms with van der Waals surface area (Å²) in [5.41, 5.74) is 3.68. The molecule has 112 valence electrons. The third-order valence-electron chi connectivity index (χ3n) is 3.62. The van der Waals surface area contributed by atoms with Gasteiger partial charge in [-0.2, -0.15) is 0 Å². The molecule has 3 aromatic rings. The standard InChI is InChI=1S/C17H16N2O3/c1-12-4-2-3-5-15(12)16-18-22-17(21)19(16)10-13-6-8-14(11-20)9-7-13/h2-9,20H,10-11H2,1H3. The topological polar surface area (TPSA) is 68.3 Å². The fourth-order valence-electron chi connectivity index (χ4n) is 2.36. The largest absolute Gasteiger partial charge is 0.442 e. The Morgan fingerprint density at radius 3 is 2.45 bits per heavy atom. The van der Waals surface area contributed by atoms with Crippen molar-refractivity contribution in [2.45, 2.75) is 20.1 Å². The van der Waals surface area contributed by atoms with E-state index in [1.54, 1.807) is 0 Å². The van der Waals surface area contributed by atoms with Crippen molar-refractivity contribution in [1.82, 2.24) is 9.72 Å². The molecule has 0 saturated carbocycles. The normalized spacial score (nSPS) is 10.8. The molecule has 0 amide bonds. The molecule has 0 atom stereocenters. The number of rotatable bonds is 4. The zero-order chi connectivity index (χ0) is 15.5. The molecule has 1 N–H and O–H groups in total. The number of benzene rings is 2. The zero-order valence-corrected chi connectivity index (χ0v) is 12.2. The van der Waals surface area contributed by atoms with Crippen molar-refractivity contribution in [2.75, 3.05) is 0 Å². The van der Waals surface area contributed by atoms with E-state index in [4.69, 9.17) is 9.63 Å². The van der Waals surface area contributed by atoms with Gasteiger partial charge in [0, 0.05) is 5.56 Å². The Hall–Kier alpha value is -2.66. The molecule has 5 nitrogen and oxygen atoms in total. The van der Waals surface area contributed by atoms with Gasteiger partial charge in [0.15, 0.2) is 5.82 Å². The summed E-state index contributed by atoms with van der Waals surface area (Å²) in [6, 6.07) is 15.2. The Kier molecular flexibility index (Phi) is 3.89. The van der Waals surface area contributed by atoms with Crippen LogP contribution >= 0.6 is 0 Å². The molecular formula is C17H16N2O3. The molecule has 1 heterocycles. The van der Waals surface area contributed by atoms with Gasteiger partial charge >= 0.3 is 5.76 Å². The Balaban J connectivity index is 1.99. The molecule has 0 radical (unpaired) electrons. The first-order valence-corrected chi connectivity index (χ1v) is 7.00. The number of aliphatic hydroxyl groups is 1. The van der Waals surface area contributed by atoms with Crippen LogP contribution in [0.5, 0.6) is 0 Å². The fourth-order valence-corrected chi connectivity index (χ4v) is 2.36. The highest BCUT2D eigenvalue weighted by Gasteiger charge is 2.14. The van der Waals surface area contributed by atoms with Gasteiger partial charge in [0.05, 0.1) is 13.2 Å². The first-order chi connectivity index (χ1) is 10.7. The Morgan fingerprint density at radius 1 is 1.09 bits per heavy atom. The van der Waals surface area contributed by atoms with E-state index >= 15 is 0 Å². The molecule has 0 aliphatic heterocycles. The molecule has 1 aromatic heterocycles. The quantitative estimate of drug-likeness (QED) is 0.802. The zero-order valence-electron chi connectivity index (χ0n) is 12.2. The number of hydrogen-bond acceptors (Lipinski definition) is 4. The van der Waals surface area contributed by atoms with Crippen LogP contribution in [0.4, 0.5) is 0 Å². The predicted molar refractivity (Wildman–Crippen MR) is 82.4 cm³/mol. The first kappa shape index (κ1) is 14.3. The third-order valence-corrected chi connectivity index (χ3v) is 3.62. The molecule has 0 aliphatic rings. The lowest BCUT2D eigenvalue weighted by Crippen LogP contribution is -2.16. The summed E-state index contributed by atoms with van der Waals surface area (Å²) in [5, 5.41) is 13.0. The van der Waals surface area contributed by atoms with Crippen LogP contribution in [-0.2, 0) is 13.2 Å². The van der Waals surface area contributed by atoms with Crippen molar-refractivity contribution in [3.8, 4) is 11.4 Å². The number of aryl methyl sites for hydroxylation is 1. The number of aliphatic hydroxyl groups excluding tert-OH is 1. The highest BCUT2D eigenvalue weighted by Crippen LogP contribution is 2.20. The minimum Gasteiger partial charge on any atom is -0.392 e. The van der Waals surface area contributed by atoms with Gasteiger partial charge < -0.3 is 5.11 Å². The third kappa shape index (κ3) is 2.71. The molecule has 0 aliphatic carbocycles. The molecule has 5 heteroatoms. The molecule has 0 unspecified atom stereocenters. The van der Waals surface area contributed by atoms with E-state index in [0.717, 1.165) is 22.3 Å². The van der Waals surface area contributed by atoms with Crippen molar-refractivity contribution in [3.63, 3.8) is 0 Å². The van der Waals surface area contributed by atoms with E-state index in [0.29, 0.717) is 12.4 Å². The minimum atomic E-state index is -0.482. The van der Waals surface area contributed by atoms with Crippen LogP contribution < -0.4 is 5.76 Å². The Bertz CT molecular complexity index is 832. The van der Waals surface area contributed by atoms with Crippen LogP contribution in [0.3, 0.4) is 0 Å². The Labute approximate surface area is 127 Å². The number of aromatic nitrogens is 2. The van der Waals surface area contributed by atoms with E-state index in [-0.39, 0.29) is 6.61 Å². The number of nitrogens with zero attached hydrogens (tertiary/aromatic N) is 2. The molecule has 0 bridgehead atoms. The van der Waals surface area contributed by atoms with Crippen molar-refractivity contribution in [3.05, 3.63) is 75.8 Å². The Morgan fingerprint density at radius 2 is 1.77 bits per heavy atom. The van der Waals surface area contributed by atoms with Crippen molar-refractivity contribution >= 4 is 0 Å². The predicted octanol–water partition coefficient (Wildman–Crippen LogP) is 2.35. The summed E-state index contributed by atoms with van der Waals surface area (Å²) < 4.78 is 6.35. The summed E-state index contributed by atoms with van der Waals surface area (Å²) in [5.74, 6) is 0.0406. The second-order valence-electron chi connectivity index (χ2n) is 5.15. The molecule has 0 spiro atoms. The van der Waals surface area contributed by atoms with Crippen LogP contribution in [0, 0.1) is 6.92 Å². The first-order valence-electron chi connectivity index (χ1n) is 7.00. The van der Waals surface area contributed by atoms with Gasteiger partial charge in [-0.1, -0.05) is 53.7 Å². The van der Waals surface area contributed by atoms with Crippen LogP contribution in [0.2, 0.25) is 0 Å². The van der Waals surface area contributed by atoms with Gasteiger partial charge in [-0.15, -0.1) is 0 Å². The van der Waals surface area contributed by atoms with Crippen molar-refractivity contribution in [1.29, 1.82) is 0 Å². The van der Waals surface area contributed by atoms with E-state index in [1.807, 2.05) is 55.5 Å². The SMILES string of the molecule is Cc1ccccc1-c1noc(=O)n1Cc1ccc(CO)cc1. The van der Waals surface area contributed by atoms with E-state index in [2.05, 4.69) is 5.16 Å². The summed E-state index contributed by atoms with van der Waals surface area (Å²) in [7, 11) is 0. The average molecular weight is 296 g/mol. The van der Waals surface area contributed by atoms with Crippen LogP contribution in [0.1, 0.15) is 16.7 Å². The van der Waals surface area contributed by atoms with E-state index in [1.165, 1.54) is 4.57 Å². The summed E-state index contributed by atoms with van der Waals surface area (Å²) in [6.45, 7) is 2.34. The lowest BCUT2D eigenvalue weighted by Gasteiger charge is -2.07. The molecule has 0 fully saturated rings. The second-order valence-corrected chi connectivity index (χ2v) is 5.15. The van der Waals surface area contributed by atoms with Gasteiger partial charge in [0.1, 0.15) is 0 Å². The van der Waals surface area contributed by atoms with Crippen molar-refractivity contribution in [2.24, 2.45) is 0 Å². The summed E-state index contributed by atoms with van der Waals surface area (Å²) in [6.07, 6.45) is 0. The van der Waals surface area contributed by atoms with Gasteiger partial charge in [-0.3, -0.25) is 9.09 Å². The van der Waals surface area contributed by atoms with E-state index < -0.39 is 5.76 Å². The van der Waals surface area contributed by atoms with Crippen LogP contribution in [-0.4, -0.2) is 14.8 Å². The maximum Gasteiger partial charge on any atom is 0.442 e. The van der Waals surface area contributed by atoms with Gasteiger partial charge in [0.2, 0.25) is 0 Å². The van der Waals surface area contributed by atoms with Gasteiger partial charge in [-0.05, 0) is 23.6 Å². The summed E-state index contributed by atoms with van der Waals surface area (Å²) in [4.78, 5) is 11.9. The second kappa shape index (κ2) is 5.99. The smallest absolute Gasteiger partial charge is 0.392 e. The molecule has 0 saturated heterocycles. The van der Waals surface area contributed by atoms with Crippen LogP contribution in [0.25, 0.3) is 11.4 Å². The van der Waals surface area contributed by atoms with Crippen LogP contribution in [0.15, 0.2) is 57.8 Å². The number of hydrogen-bond donors (Lipinski definition) is 1. The van der Waals surface area contributed by atoms with Crippen molar-refractivity contribution < 1.29 is 9.63 Å². The molecular weight excluding hydrogens is 280 g/mol. The average Bonchev–Trinajstić information content (AvgIpc) is 2.90.